The zero-order valence-corrected chi connectivity index (χ0v) is 14.0. The average molecular weight is 398 g/mol. The van der Waals surface area contributed by atoms with E-state index in [1.54, 1.807) is 22.9 Å². The molecule has 0 spiro atoms. The maximum atomic E-state index is 11.1. The smallest absolute Gasteiger partial charge is 0.124 e. The minimum Gasteiger partial charge on any atom is -0.580 e. The van der Waals surface area contributed by atoms with Gasteiger partial charge in [-0.05, 0) is 26.4 Å². The Balaban J connectivity index is 4.12. The van der Waals surface area contributed by atoms with E-state index < -0.39 is 20.7 Å². The van der Waals surface area contributed by atoms with Crippen LogP contribution in [0.2, 0.25) is 0 Å². The summed E-state index contributed by atoms with van der Waals surface area (Å²) in [7, 11) is -1.02. The molecule has 8 nitrogen and oxygen atoms in total. The van der Waals surface area contributed by atoms with Gasteiger partial charge in [-0.2, -0.15) is 9.68 Å². The van der Waals surface area contributed by atoms with Gasteiger partial charge in [-0.25, -0.2) is 10.0 Å². The summed E-state index contributed by atoms with van der Waals surface area (Å²) in [5, 5.41) is 20.5. The lowest BCUT2D eigenvalue weighted by Gasteiger charge is -2.36. The minimum atomic E-state index is -1.02. The van der Waals surface area contributed by atoms with E-state index in [1.807, 2.05) is 13.8 Å². The molecule has 0 fully saturated rings. The first-order valence-electron chi connectivity index (χ1n) is 5.38. The van der Waals surface area contributed by atoms with E-state index in [9.17, 15) is 10.4 Å². The predicted octanol–water partition coefficient (Wildman–Crippen LogP) is -1.82. The highest BCUT2D eigenvalue weighted by atomic mass is 127. The van der Waals surface area contributed by atoms with Gasteiger partial charge in [0.2, 0.25) is 0 Å². The summed E-state index contributed by atoms with van der Waals surface area (Å²) in [4.78, 5) is 10.0. The van der Waals surface area contributed by atoms with Gasteiger partial charge in [0.15, 0.2) is 0 Å². The van der Waals surface area contributed by atoms with Crippen LogP contribution in [0.5, 0.6) is 0 Å². The fourth-order valence-electron chi connectivity index (χ4n) is 1.81. The van der Waals surface area contributed by atoms with Crippen molar-refractivity contribution in [3.05, 3.63) is 10.4 Å². The Hall–Kier alpha value is 0.760. The summed E-state index contributed by atoms with van der Waals surface area (Å²) < 4.78 is 2.38. The fourth-order valence-corrected chi connectivity index (χ4v) is 4.75. The van der Waals surface area contributed by atoms with E-state index in [4.69, 9.17) is 15.5 Å². The van der Waals surface area contributed by atoms with E-state index in [2.05, 4.69) is 16.2 Å². The van der Waals surface area contributed by atoms with Crippen molar-refractivity contribution in [2.75, 3.05) is 24.0 Å². The van der Waals surface area contributed by atoms with E-state index in [0.29, 0.717) is 0 Å². The van der Waals surface area contributed by atoms with Crippen molar-refractivity contribution in [3.63, 3.8) is 0 Å². The van der Waals surface area contributed by atoms with Gasteiger partial charge in [-0.3, -0.25) is 0 Å². The summed E-state index contributed by atoms with van der Waals surface area (Å²) >= 11 is 1.73. The zero-order chi connectivity index (χ0) is 14.3. The highest BCUT2D eigenvalue weighted by Gasteiger charge is 2.23. The molecule has 0 radical (unpaired) electrons. The summed E-state index contributed by atoms with van der Waals surface area (Å²) in [5.74, 6) is 6.45. The van der Waals surface area contributed by atoms with Crippen molar-refractivity contribution in [3.8, 4) is 0 Å². The topological polar surface area (TPSA) is 112 Å². The van der Waals surface area contributed by atoms with Gasteiger partial charge in [-0.1, -0.05) is 3.64 Å². The lowest BCUT2D eigenvalue weighted by Crippen LogP contribution is -3.12. The van der Waals surface area contributed by atoms with Gasteiger partial charge in [0.1, 0.15) is 12.2 Å². The molecule has 0 aliphatic heterocycles. The number of rotatable bonds is 9. The first kappa shape index (κ1) is 18.8. The van der Waals surface area contributed by atoms with Gasteiger partial charge in [0.25, 0.3) is 0 Å². The van der Waals surface area contributed by atoms with Crippen molar-refractivity contribution in [2.24, 2.45) is 5.84 Å². The SMILES string of the molecule is CC(CS(C)(C)CC(C)O[NH+]([O-])NI)O[NH+](N)[O-]. The number of hydrogen-bond donors (Lipinski definition) is 4. The van der Waals surface area contributed by atoms with Crippen LogP contribution < -0.4 is 20.2 Å². The molecule has 18 heavy (non-hydrogen) atoms. The number of halogens is 1. The third-order valence-corrected chi connectivity index (χ3v) is 5.26. The van der Waals surface area contributed by atoms with Gasteiger partial charge >= 0.3 is 0 Å². The molecule has 0 aliphatic carbocycles. The second kappa shape index (κ2) is 8.84. The number of quaternary nitrogens is 2. The Labute approximate surface area is 123 Å². The summed E-state index contributed by atoms with van der Waals surface area (Å²) in [6.45, 7) is 3.66. The molecule has 0 aromatic carbocycles. The molecule has 0 bridgehead atoms. The maximum Gasteiger partial charge on any atom is 0.124 e. The van der Waals surface area contributed by atoms with Crippen molar-refractivity contribution in [1.82, 2.24) is 3.64 Å². The van der Waals surface area contributed by atoms with E-state index in [-0.39, 0.29) is 12.2 Å². The van der Waals surface area contributed by atoms with Crippen LogP contribution in [0.25, 0.3) is 0 Å². The Morgan fingerprint density at radius 2 is 1.67 bits per heavy atom. The third-order valence-electron chi connectivity index (χ3n) is 2.07. The Morgan fingerprint density at radius 1 is 1.22 bits per heavy atom. The molecule has 4 unspecified atom stereocenters. The molecule has 5 N–H and O–H groups in total. The molecule has 0 saturated heterocycles. The summed E-state index contributed by atoms with van der Waals surface area (Å²) in [5.41, 5.74) is 0. The molecule has 0 amide bonds. The van der Waals surface area contributed by atoms with Crippen molar-refractivity contribution in [1.29, 1.82) is 0 Å². The second-order valence-corrected chi connectivity index (χ2v) is 9.40. The van der Waals surface area contributed by atoms with Gasteiger partial charge in [0.05, 0.1) is 22.9 Å². The Kier molecular flexibility index (Phi) is 9.21. The van der Waals surface area contributed by atoms with Crippen LogP contribution in [0, 0.1) is 10.4 Å². The van der Waals surface area contributed by atoms with Crippen LogP contribution in [0.3, 0.4) is 0 Å². The first-order chi connectivity index (χ1) is 8.16. The average Bonchev–Trinajstić information content (AvgIpc) is 2.13. The van der Waals surface area contributed by atoms with E-state index in [0.717, 1.165) is 11.5 Å². The minimum absolute atomic E-state index is 0.175. The van der Waals surface area contributed by atoms with Crippen molar-refractivity contribution >= 4 is 32.9 Å². The molecular formula is C8H23IN4O4S. The molecule has 0 aromatic heterocycles. The predicted molar refractivity (Wildman–Crippen MR) is 80.3 cm³/mol. The molecule has 0 aliphatic rings. The highest BCUT2D eigenvalue weighted by molar-refractivity contribution is 14.1. The molecule has 0 saturated carbocycles. The first-order valence-corrected chi connectivity index (χ1v) is 9.25. The molecule has 0 aromatic rings. The fraction of sp³-hybridized carbons (Fsp3) is 1.00. The summed E-state index contributed by atoms with van der Waals surface area (Å²) in [6, 6.07) is 0. The second-order valence-electron chi connectivity index (χ2n) is 4.66. The van der Waals surface area contributed by atoms with Crippen LogP contribution in [-0.4, -0.2) is 36.2 Å². The van der Waals surface area contributed by atoms with Gasteiger partial charge in [0, 0.05) is 11.5 Å². The lowest BCUT2D eigenvalue weighted by molar-refractivity contribution is -1.08. The quantitative estimate of drug-likeness (QED) is 0.158. The number of nitrogens with one attached hydrogen (secondary N) is 3. The normalized spacial score (nSPS) is 20.2. The van der Waals surface area contributed by atoms with Crippen LogP contribution in [-0.2, 0) is 9.68 Å². The van der Waals surface area contributed by atoms with Crippen molar-refractivity contribution < 1.29 is 20.3 Å². The van der Waals surface area contributed by atoms with Crippen LogP contribution in [0.4, 0.5) is 0 Å². The van der Waals surface area contributed by atoms with Gasteiger partial charge in [-0.15, -0.1) is 16.5 Å². The molecule has 0 heterocycles. The number of hydrogen-bond acceptors (Lipinski definition) is 6. The monoisotopic (exact) mass is 398 g/mol. The Bertz CT molecular complexity index is 237. The number of nitrogens with two attached hydrogens (primary N) is 1. The molecular weight excluding hydrogens is 375 g/mol. The molecule has 4 atom stereocenters. The van der Waals surface area contributed by atoms with Crippen LogP contribution >= 0.6 is 32.9 Å². The molecule has 112 valence electrons. The van der Waals surface area contributed by atoms with Crippen molar-refractivity contribution in [2.45, 2.75) is 26.1 Å². The standard InChI is InChI=1S/C8H23IN4O4S/c1-7(16-12(10)14)5-18(3,4)6-8(2)17-13(15)11-9/h7-8,11-13H,5-6,10H2,1-4H3. The van der Waals surface area contributed by atoms with E-state index in [1.165, 1.54) is 0 Å². The highest BCUT2D eigenvalue weighted by Crippen LogP contribution is 2.41. The third kappa shape index (κ3) is 9.66. The largest absolute Gasteiger partial charge is 0.580 e. The van der Waals surface area contributed by atoms with Gasteiger partial charge < -0.3 is 10.4 Å². The van der Waals surface area contributed by atoms with Crippen LogP contribution in [0.15, 0.2) is 0 Å². The Morgan fingerprint density at radius 3 is 2.06 bits per heavy atom. The van der Waals surface area contributed by atoms with Crippen LogP contribution in [0.1, 0.15) is 13.8 Å². The maximum absolute atomic E-state index is 11.1. The zero-order valence-electron chi connectivity index (χ0n) is 11.1. The lowest BCUT2D eigenvalue weighted by atomic mass is 10.5. The molecule has 0 rings (SSSR count). The molecule has 10 heteroatoms. The summed E-state index contributed by atoms with van der Waals surface area (Å²) in [6.07, 6.45) is 3.81. The van der Waals surface area contributed by atoms with E-state index >= 15 is 0 Å².